The van der Waals surface area contributed by atoms with Crippen LogP contribution in [0.2, 0.25) is 0 Å². The maximum absolute atomic E-state index is 7.01. The van der Waals surface area contributed by atoms with Crippen molar-refractivity contribution in [3.8, 4) is 0 Å². The first-order chi connectivity index (χ1) is 4.33. The molecule has 2 nitrogen and oxygen atoms in total. The first kappa shape index (κ1) is 10.2. The fourth-order valence-electron chi connectivity index (χ4n) is 0.714. The van der Waals surface area contributed by atoms with Crippen molar-refractivity contribution in [3.05, 3.63) is 35.3 Å². The molecule has 51 valence electrons. The first-order valence-corrected chi connectivity index (χ1v) is 2.89. The third-order valence-electron chi connectivity index (χ3n) is 1.17. The minimum absolute atomic E-state index is 0. The number of nitrogens with one attached hydrogen (secondary N) is 1. The van der Waals surface area contributed by atoms with Crippen molar-refractivity contribution in [3.63, 3.8) is 0 Å². The van der Waals surface area contributed by atoms with Crippen molar-refractivity contribution in [1.82, 2.24) is 4.98 Å². The molecule has 1 aromatic heterocycles. The zero-order chi connectivity index (χ0) is 6.69. The molecule has 0 bridgehead atoms. The fraction of sp³-hybridized carbons (Fsp3) is 0.286. The summed E-state index contributed by atoms with van der Waals surface area (Å²) in [6, 6.07) is 3.78. The van der Waals surface area contributed by atoms with E-state index in [0.29, 0.717) is 6.54 Å². The Morgan fingerprint density at radius 1 is 1.60 bits per heavy atom. The summed E-state index contributed by atoms with van der Waals surface area (Å²) in [7, 11) is 0. The Morgan fingerprint density at radius 3 is 2.70 bits per heavy atom. The van der Waals surface area contributed by atoms with Gasteiger partial charge in [0.05, 0.1) is 0 Å². The van der Waals surface area contributed by atoms with Crippen LogP contribution in [0.4, 0.5) is 0 Å². The van der Waals surface area contributed by atoms with E-state index in [1.54, 1.807) is 6.20 Å². The second kappa shape index (κ2) is 4.94. The zero-order valence-electron chi connectivity index (χ0n) is 5.96. The predicted molar refractivity (Wildman–Crippen MR) is 37.0 cm³/mol. The van der Waals surface area contributed by atoms with Crippen LogP contribution in [-0.4, -0.2) is 4.98 Å². The zero-order valence-corrected chi connectivity index (χ0v) is 8.80. The van der Waals surface area contributed by atoms with Crippen molar-refractivity contribution in [2.45, 2.75) is 13.5 Å². The summed E-state index contributed by atoms with van der Waals surface area (Å²) in [5.41, 5.74) is 9.03. The normalized spacial score (nSPS) is 8.60. The number of aromatic nitrogens is 1. The van der Waals surface area contributed by atoms with Gasteiger partial charge in [0.1, 0.15) is 0 Å². The Hall–Kier alpha value is 0.214. The summed E-state index contributed by atoms with van der Waals surface area (Å²) in [6.07, 6.45) is 1.74. The fourth-order valence-corrected chi connectivity index (χ4v) is 0.714. The summed E-state index contributed by atoms with van der Waals surface area (Å²) >= 11 is 0. The molecule has 0 aliphatic heterocycles. The van der Waals surface area contributed by atoms with Crippen LogP contribution >= 0.6 is 0 Å². The van der Waals surface area contributed by atoms with Gasteiger partial charge in [-0.15, -0.1) is 6.54 Å². The van der Waals surface area contributed by atoms with Gasteiger partial charge in [0.2, 0.25) is 0 Å². The molecule has 1 aromatic rings. The number of nitrogens with zero attached hydrogens (tertiary/aromatic N) is 1. The van der Waals surface area contributed by atoms with Crippen LogP contribution < -0.4 is 0 Å². The topological polar surface area (TPSA) is 36.7 Å². The maximum atomic E-state index is 7.01. The minimum Gasteiger partial charge on any atom is -0.674 e. The van der Waals surface area contributed by atoms with Gasteiger partial charge in [-0.3, -0.25) is 4.98 Å². The molecule has 1 radical (unpaired) electrons. The Kier molecular flexibility index (Phi) is 5.05. The molecule has 0 saturated heterocycles. The van der Waals surface area contributed by atoms with E-state index in [9.17, 15) is 0 Å². The summed E-state index contributed by atoms with van der Waals surface area (Å²) in [6.45, 7) is 2.28. The van der Waals surface area contributed by atoms with Gasteiger partial charge in [-0.2, -0.15) is 0 Å². The van der Waals surface area contributed by atoms with E-state index in [-0.39, 0.29) is 32.7 Å². The van der Waals surface area contributed by atoms with Gasteiger partial charge in [-0.25, -0.2) is 0 Å². The van der Waals surface area contributed by atoms with Crippen molar-refractivity contribution >= 4 is 0 Å². The Morgan fingerprint density at radius 2 is 2.30 bits per heavy atom. The molecule has 0 aliphatic carbocycles. The van der Waals surface area contributed by atoms with E-state index in [2.05, 4.69) is 4.98 Å². The smallest absolute Gasteiger partial charge is 0.0374 e. The summed E-state index contributed by atoms with van der Waals surface area (Å²) in [5, 5.41) is 0. The van der Waals surface area contributed by atoms with Crippen LogP contribution in [0.15, 0.2) is 18.3 Å². The monoisotopic (exact) mass is 210 g/mol. The van der Waals surface area contributed by atoms with E-state index in [0.717, 1.165) is 11.3 Å². The van der Waals surface area contributed by atoms with Crippen LogP contribution in [0, 0.1) is 6.92 Å². The SMILES string of the molecule is Cc1cc(C[NH-])ccn1.[Y]. The van der Waals surface area contributed by atoms with E-state index in [1.807, 2.05) is 19.1 Å². The molecule has 1 heterocycles. The van der Waals surface area contributed by atoms with Gasteiger partial charge in [0.15, 0.2) is 0 Å². The molecule has 0 fully saturated rings. The molecule has 1 N–H and O–H groups in total. The predicted octanol–water partition coefficient (Wildman–Crippen LogP) is 1.94. The van der Waals surface area contributed by atoms with Gasteiger partial charge < -0.3 is 5.73 Å². The Bertz CT molecular complexity index is 201. The van der Waals surface area contributed by atoms with Gasteiger partial charge >= 0.3 is 0 Å². The molecule has 0 amide bonds. The van der Waals surface area contributed by atoms with Gasteiger partial charge in [0, 0.05) is 44.6 Å². The van der Waals surface area contributed by atoms with Gasteiger partial charge in [-0.1, -0.05) is 5.56 Å². The maximum Gasteiger partial charge on any atom is 0.0374 e. The number of hydrogen-bond acceptors (Lipinski definition) is 1. The first-order valence-electron chi connectivity index (χ1n) is 2.89. The summed E-state index contributed by atoms with van der Waals surface area (Å²) in [5.74, 6) is 0. The van der Waals surface area contributed by atoms with Gasteiger partial charge in [0.25, 0.3) is 0 Å². The van der Waals surface area contributed by atoms with Crippen LogP contribution in [0.3, 0.4) is 0 Å². The number of hydrogen-bond donors (Lipinski definition) is 0. The van der Waals surface area contributed by atoms with Crippen LogP contribution in [-0.2, 0) is 39.3 Å². The minimum atomic E-state index is 0. The molecule has 3 heteroatoms. The second-order valence-corrected chi connectivity index (χ2v) is 1.98. The third-order valence-corrected chi connectivity index (χ3v) is 1.17. The molecule has 10 heavy (non-hydrogen) atoms. The van der Waals surface area contributed by atoms with Crippen LogP contribution in [0.1, 0.15) is 11.3 Å². The van der Waals surface area contributed by atoms with Crippen molar-refractivity contribution in [1.29, 1.82) is 0 Å². The Balaban J connectivity index is 0.000000810. The van der Waals surface area contributed by atoms with Crippen molar-refractivity contribution in [2.75, 3.05) is 0 Å². The number of rotatable bonds is 1. The summed E-state index contributed by atoms with van der Waals surface area (Å²) < 4.78 is 0. The molecule has 0 aliphatic rings. The third kappa shape index (κ3) is 2.87. The number of pyridine rings is 1. The molecular formula is C7H9N2Y-. The molecule has 0 unspecified atom stereocenters. The number of aryl methyl sites for hydroxylation is 1. The van der Waals surface area contributed by atoms with Gasteiger partial charge in [-0.05, 0) is 19.1 Å². The quantitative estimate of drug-likeness (QED) is 0.697. The molecule has 0 atom stereocenters. The van der Waals surface area contributed by atoms with Crippen molar-refractivity contribution in [2.24, 2.45) is 0 Å². The van der Waals surface area contributed by atoms with E-state index < -0.39 is 0 Å². The largest absolute Gasteiger partial charge is 0.674 e. The van der Waals surface area contributed by atoms with E-state index >= 15 is 0 Å². The average molecular weight is 210 g/mol. The van der Waals surface area contributed by atoms with Crippen LogP contribution in [0.5, 0.6) is 0 Å². The Labute approximate surface area is 86.1 Å². The van der Waals surface area contributed by atoms with E-state index in [4.69, 9.17) is 5.73 Å². The molecule has 1 rings (SSSR count). The molecule has 0 aromatic carbocycles. The average Bonchev–Trinajstić information content (AvgIpc) is 1.88. The standard InChI is InChI=1S/C7H9N2.Y/c1-6-4-7(5-8)2-3-9-6;/h2-4,8H,5H2,1H3;/q-1;. The molecular weight excluding hydrogens is 201 g/mol. The van der Waals surface area contributed by atoms with Crippen molar-refractivity contribution < 1.29 is 32.7 Å². The second-order valence-electron chi connectivity index (χ2n) is 1.98. The summed E-state index contributed by atoms with van der Waals surface area (Å²) in [4.78, 5) is 4.00. The molecule has 0 spiro atoms. The van der Waals surface area contributed by atoms with E-state index in [1.165, 1.54) is 0 Å². The molecule has 0 saturated carbocycles. The van der Waals surface area contributed by atoms with Crippen LogP contribution in [0.25, 0.3) is 5.73 Å².